The van der Waals surface area contributed by atoms with Gasteiger partial charge in [0, 0.05) is 33.9 Å². The number of carbonyl (C=O) groups excluding carboxylic acids is 1. The maximum atomic E-state index is 11.7. The quantitative estimate of drug-likeness (QED) is 0.656. The van der Waals surface area contributed by atoms with Gasteiger partial charge < -0.3 is 19.9 Å². The van der Waals surface area contributed by atoms with Crippen LogP contribution < -0.4 is 5.73 Å². The zero-order valence-electron chi connectivity index (χ0n) is 11.6. The normalized spacial score (nSPS) is 28.1. The van der Waals surface area contributed by atoms with E-state index in [1.165, 1.54) is 0 Å². The Morgan fingerprint density at radius 2 is 1.83 bits per heavy atom. The molecule has 106 valence electrons. The van der Waals surface area contributed by atoms with Gasteiger partial charge in [-0.15, -0.1) is 0 Å². The van der Waals surface area contributed by atoms with Crippen LogP contribution in [-0.4, -0.2) is 69.1 Å². The van der Waals surface area contributed by atoms with E-state index in [0.29, 0.717) is 26.2 Å². The third-order valence-corrected chi connectivity index (χ3v) is 3.19. The highest BCUT2D eigenvalue weighted by Gasteiger charge is 2.39. The Hall–Kier alpha value is -0.690. The molecule has 1 rings (SSSR count). The number of hydrogen-bond acceptors (Lipinski definition) is 6. The van der Waals surface area contributed by atoms with Crippen molar-refractivity contribution in [3.8, 4) is 0 Å². The van der Waals surface area contributed by atoms with Crippen LogP contribution >= 0.6 is 0 Å². The smallest absolute Gasteiger partial charge is 0.327 e. The highest BCUT2D eigenvalue weighted by molar-refractivity contribution is 5.80. The van der Waals surface area contributed by atoms with Crippen molar-refractivity contribution < 1.29 is 19.0 Å². The summed E-state index contributed by atoms with van der Waals surface area (Å²) in [7, 11) is 3.32. The summed E-state index contributed by atoms with van der Waals surface area (Å²) in [4.78, 5) is 13.8. The van der Waals surface area contributed by atoms with Crippen LogP contribution in [0.1, 0.15) is 13.8 Å². The SMILES string of the molecule is CCOC(=O)C(C)(N)CN1CC(OC)C(OC)C1. The van der Waals surface area contributed by atoms with E-state index in [-0.39, 0.29) is 18.2 Å². The van der Waals surface area contributed by atoms with E-state index < -0.39 is 5.54 Å². The van der Waals surface area contributed by atoms with Crippen molar-refractivity contribution in [2.24, 2.45) is 5.73 Å². The molecule has 0 bridgehead atoms. The first-order valence-electron chi connectivity index (χ1n) is 6.18. The lowest BCUT2D eigenvalue weighted by atomic mass is 10.0. The van der Waals surface area contributed by atoms with Crippen molar-refractivity contribution in [1.29, 1.82) is 0 Å². The van der Waals surface area contributed by atoms with Gasteiger partial charge >= 0.3 is 5.97 Å². The minimum absolute atomic E-state index is 0.0213. The Morgan fingerprint density at radius 3 is 2.22 bits per heavy atom. The lowest BCUT2D eigenvalue weighted by Gasteiger charge is -2.27. The summed E-state index contributed by atoms with van der Waals surface area (Å²) in [5.74, 6) is -0.375. The minimum Gasteiger partial charge on any atom is -0.465 e. The number of hydrogen-bond donors (Lipinski definition) is 1. The summed E-state index contributed by atoms with van der Waals surface area (Å²) in [5, 5.41) is 0. The largest absolute Gasteiger partial charge is 0.465 e. The van der Waals surface area contributed by atoms with Gasteiger partial charge in [0.2, 0.25) is 0 Å². The van der Waals surface area contributed by atoms with Gasteiger partial charge in [0.05, 0.1) is 18.8 Å². The van der Waals surface area contributed by atoms with E-state index in [1.54, 1.807) is 28.1 Å². The van der Waals surface area contributed by atoms with Gasteiger partial charge in [0.15, 0.2) is 0 Å². The fraction of sp³-hybridized carbons (Fsp3) is 0.917. The molecule has 2 N–H and O–H groups in total. The van der Waals surface area contributed by atoms with Crippen molar-refractivity contribution in [3.63, 3.8) is 0 Å². The average Bonchev–Trinajstić information content (AvgIpc) is 2.70. The molecule has 1 aliphatic heterocycles. The Balaban J connectivity index is 2.55. The standard InChI is InChI=1S/C12H24N2O4/c1-5-18-11(15)12(2,13)8-14-6-9(16-3)10(7-14)17-4/h9-10H,5-8,13H2,1-4H3. The topological polar surface area (TPSA) is 74.0 Å². The number of nitrogens with two attached hydrogens (primary N) is 1. The number of nitrogens with zero attached hydrogens (tertiary/aromatic N) is 1. The Bertz CT molecular complexity index is 271. The number of rotatable bonds is 6. The molecule has 1 heterocycles. The molecule has 1 saturated heterocycles. The molecule has 0 aromatic carbocycles. The summed E-state index contributed by atoms with van der Waals surface area (Å²) < 4.78 is 15.7. The number of likely N-dealkylation sites (tertiary alicyclic amines) is 1. The van der Waals surface area contributed by atoms with Crippen molar-refractivity contribution >= 4 is 5.97 Å². The predicted octanol–water partition coefficient (Wildman–Crippen LogP) is -0.387. The van der Waals surface area contributed by atoms with E-state index >= 15 is 0 Å². The second-order valence-electron chi connectivity index (χ2n) is 4.88. The van der Waals surface area contributed by atoms with Gasteiger partial charge in [-0.25, -0.2) is 0 Å². The van der Waals surface area contributed by atoms with E-state index in [4.69, 9.17) is 19.9 Å². The van der Waals surface area contributed by atoms with Crippen molar-refractivity contribution in [3.05, 3.63) is 0 Å². The molecule has 0 aromatic heterocycles. The van der Waals surface area contributed by atoms with Crippen LogP contribution in [0.4, 0.5) is 0 Å². The van der Waals surface area contributed by atoms with E-state index in [0.717, 1.165) is 0 Å². The summed E-state index contributed by atoms with van der Waals surface area (Å²) in [6, 6.07) is 0. The molecule has 0 saturated carbocycles. The van der Waals surface area contributed by atoms with Crippen LogP contribution in [0.3, 0.4) is 0 Å². The molecule has 6 nitrogen and oxygen atoms in total. The highest BCUT2D eigenvalue weighted by Crippen LogP contribution is 2.18. The van der Waals surface area contributed by atoms with Gasteiger partial charge in [-0.2, -0.15) is 0 Å². The zero-order valence-corrected chi connectivity index (χ0v) is 11.6. The summed E-state index contributed by atoms with van der Waals surface area (Å²) in [5.41, 5.74) is 5.00. The highest BCUT2D eigenvalue weighted by atomic mass is 16.5. The molecule has 0 aliphatic carbocycles. The van der Waals surface area contributed by atoms with Gasteiger partial charge in [-0.1, -0.05) is 0 Å². The second kappa shape index (κ2) is 6.47. The molecule has 0 radical (unpaired) electrons. The Kier molecular flexibility index (Phi) is 5.52. The maximum absolute atomic E-state index is 11.7. The number of esters is 1. The second-order valence-corrected chi connectivity index (χ2v) is 4.88. The molecule has 0 aromatic rings. The third kappa shape index (κ3) is 3.65. The van der Waals surface area contributed by atoms with Gasteiger partial charge in [-0.05, 0) is 13.8 Å². The molecule has 3 atom stereocenters. The van der Waals surface area contributed by atoms with E-state index in [9.17, 15) is 4.79 Å². The molecule has 0 spiro atoms. The molecule has 3 unspecified atom stereocenters. The van der Waals surface area contributed by atoms with Crippen LogP contribution in [0.2, 0.25) is 0 Å². The fourth-order valence-corrected chi connectivity index (χ4v) is 2.23. The Labute approximate surface area is 108 Å². The number of carbonyl (C=O) groups is 1. The van der Waals surface area contributed by atoms with Crippen molar-refractivity contribution in [1.82, 2.24) is 4.90 Å². The zero-order chi connectivity index (χ0) is 13.8. The summed E-state index contributed by atoms with van der Waals surface area (Å²) in [6.07, 6.45) is 0.0426. The van der Waals surface area contributed by atoms with E-state index in [2.05, 4.69) is 4.90 Å². The maximum Gasteiger partial charge on any atom is 0.327 e. The molecule has 1 fully saturated rings. The monoisotopic (exact) mass is 260 g/mol. The number of ether oxygens (including phenoxy) is 3. The molecular weight excluding hydrogens is 236 g/mol. The lowest BCUT2D eigenvalue weighted by molar-refractivity contribution is -0.149. The van der Waals surface area contributed by atoms with Crippen LogP contribution in [0.5, 0.6) is 0 Å². The fourth-order valence-electron chi connectivity index (χ4n) is 2.23. The molecule has 0 amide bonds. The first-order valence-corrected chi connectivity index (χ1v) is 6.18. The lowest BCUT2D eigenvalue weighted by Crippen LogP contribution is -2.54. The first kappa shape index (κ1) is 15.4. The minimum atomic E-state index is -1.00. The third-order valence-electron chi connectivity index (χ3n) is 3.19. The summed E-state index contributed by atoms with van der Waals surface area (Å²) in [6.45, 7) is 5.65. The van der Waals surface area contributed by atoms with Gasteiger partial charge in [-0.3, -0.25) is 9.69 Å². The molecule has 18 heavy (non-hydrogen) atoms. The van der Waals surface area contributed by atoms with Crippen LogP contribution in [-0.2, 0) is 19.0 Å². The van der Waals surface area contributed by atoms with Crippen molar-refractivity contribution in [2.45, 2.75) is 31.6 Å². The first-order chi connectivity index (χ1) is 8.44. The van der Waals surface area contributed by atoms with Crippen molar-refractivity contribution in [2.75, 3.05) is 40.5 Å². The molecular formula is C12H24N2O4. The van der Waals surface area contributed by atoms with Gasteiger partial charge in [0.1, 0.15) is 5.54 Å². The predicted molar refractivity (Wildman–Crippen MR) is 67.3 cm³/mol. The molecule has 6 heteroatoms. The summed E-state index contributed by atoms with van der Waals surface area (Å²) >= 11 is 0. The van der Waals surface area contributed by atoms with Crippen LogP contribution in [0.25, 0.3) is 0 Å². The molecule has 1 aliphatic rings. The Morgan fingerprint density at radius 1 is 1.33 bits per heavy atom. The average molecular weight is 260 g/mol. The van der Waals surface area contributed by atoms with Crippen LogP contribution in [0.15, 0.2) is 0 Å². The van der Waals surface area contributed by atoms with E-state index in [1.807, 2.05) is 0 Å². The van der Waals surface area contributed by atoms with Gasteiger partial charge in [0.25, 0.3) is 0 Å². The number of methoxy groups -OCH3 is 2. The van der Waals surface area contributed by atoms with Crippen LogP contribution in [0, 0.1) is 0 Å².